The fourth-order valence-electron chi connectivity index (χ4n) is 1.96. The minimum Gasteiger partial charge on any atom is -0.396 e. The molecular weight excluding hydrogens is 220 g/mol. The van der Waals surface area contributed by atoms with E-state index in [1.807, 2.05) is 11.7 Å². The van der Waals surface area contributed by atoms with Gasteiger partial charge in [0.2, 0.25) is 0 Å². The third-order valence-corrected chi connectivity index (χ3v) is 4.20. The third-order valence-electron chi connectivity index (χ3n) is 3.42. The van der Waals surface area contributed by atoms with E-state index < -0.39 is 0 Å². The standard InChI is InChI=1S/C12H22N2OS/c1-3-12(4-2,5-6-15)9-13-7-11-8-14-10-16-11/h8,10,13,15H,3-7,9H2,1-2H3. The first-order valence-corrected chi connectivity index (χ1v) is 6.83. The largest absolute Gasteiger partial charge is 0.396 e. The van der Waals surface area contributed by atoms with Gasteiger partial charge in [-0.05, 0) is 24.7 Å². The molecule has 0 saturated carbocycles. The predicted octanol–water partition coefficient (Wildman–Crippen LogP) is 2.42. The monoisotopic (exact) mass is 242 g/mol. The average molecular weight is 242 g/mol. The molecule has 4 heteroatoms. The Morgan fingerprint density at radius 2 is 2.19 bits per heavy atom. The molecule has 0 aliphatic heterocycles. The summed E-state index contributed by atoms with van der Waals surface area (Å²) >= 11 is 1.68. The van der Waals surface area contributed by atoms with Gasteiger partial charge in [0, 0.05) is 30.8 Å². The number of nitrogens with one attached hydrogen (secondary N) is 1. The Labute approximate surface area is 102 Å². The fourth-order valence-corrected chi connectivity index (χ4v) is 2.52. The molecular formula is C12H22N2OS. The molecule has 0 amide bonds. The van der Waals surface area contributed by atoms with Crippen molar-refractivity contribution in [2.24, 2.45) is 5.41 Å². The number of aliphatic hydroxyl groups is 1. The molecule has 16 heavy (non-hydrogen) atoms. The van der Waals surface area contributed by atoms with Crippen LogP contribution in [0.25, 0.3) is 0 Å². The maximum atomic E-state index is 9.11. The lowest BCUT2D eigenvalue weighted by atomic mass is 9.79. The van der Waals surface area contributed by atoms with Gasteiger partial charge in [0.1, 0.15) is 0 Å². The van der Waals surface area contributed by atoms with E-state index >= 15 is 0 Å². The van der Waals surface area contributed by atoms with Crippen LogP contribution < -0.4 is 5.32 Å². The van der Waals surface area contributed by atoms with Gasteiger partial charge in [-0.1, -0.05) is 13.8 Å². The zero-order chi connectivity index (χ0) is 11.9. The summed E-state index contributed by atoms with van der Waals surface area (Å²) in [6.07, 6.45) is 5.01. The van der Waals surface area contributed by atoms with Crippen molar-refractivity contribution < 1.29 is 5.11 Å². The first kappa shape index (κ1) is 13.6. The van der Waals surface area contributed by atoms with Gasteiger partial charge in [0.05, 0.1) is 5.51 Å². The van der Waals surface area contributed by atoms with Gasteiger partial charge in [-0.2, -0.15) is 0 Å². The fraction of sp³-hybridized carbons (Fsp3) is 0.750. The summed E-state index contributed by atoms with van der Waals surface area (Å²) in [5.74, 6) is 0. The molecule has 1 aromatic heterocycles. The Morgan fingerprint density at radius 3 is 2.69 bits per heavy atom. The number of nitrogens with zero attached hydrogens (tertiary/aromatic N) is 1. The molecule has 0 fully saturated rings. The molecule has 0 aliphatic carbocycles. The van der Waals surface area contributed by atoms with Crippen LogP contribution in [0.3, 0.4) is 0 Å². The first-order valence-electron chi connectivity index (χ1n) is 5.95. The van der Waals surface area contributed by atoms with Crippen molar-refractivity contribution in [2.45, 2.75) is 39.7 Å². The quantitative estimate of drug-likeness (QED) is 0.736. The number of hydrogen-bond donors (Lipinski definition) is 2. The van der Waals surface area contributed by atoms with Gasteiger partial charge >= 0.3 is 0 Å². The summed E-state index contributed by atoms with van der Waals surface area (Å²) in [7, 11) is 0. The van der Waals surface area contributed by atoms with Crippen LogP contribution in [0.15, 0.2) is 11.7 Å². The highest BCUT2D eigenvalue weighted by molar-refractivity contribution is 7.09. The molecule has 1 rings (SSSR count). The van der Waals surface area contributed by atoms with Crippen LogP contribution in [0.1, 0.15) is 38.0 Å². The number of aliphatic hydroxyl groups excluding tert-OH is 1. The van der Waals surface area contributed by atoms with Crippen molar-refractivity contribution in [1.29, 1.82) is 0 Å². The van der Waals surface area contributed by atoms with Gasteiger partial charge in [-0.25, -0.2) is 0 Å². The number of thiazole rings is 1. The molecule has 3 nitrogen and oxygen atoms in total. The summed E-state index contributed by atoms with van der Waals surface area (Å²) in [4.78, 5) is 5.32. The molecule has 0 saturated heterocycles. The van der Waals surface area contributed by atoms with Gasteiger partial charge in [-0.3, -0.25) is 4.98 Å². The van der Waals surface area contributed by atoms with E-state index in [0.29, 0.717) is 0 Å². The Bertz CT molecular complexity index is 271. The summed E-state index contributed by atoms with van der Waals surface area (Å²) in [6.45, 7) is 6.54. The highest BCUT2D eigenvalue weighted by Gasteiger charge is 2.24. The molecule has 1 aromatic rings. The molecule has 0 unspecified atom stereocenters. The van der Waals surface area contributed by atoms with Crippen molar-refractivity contribution in [3.63, 3.8) is 0 Å². The summed E-state index contributed by atoms with van der Waals surface area (Å²) in [6, 6.07) is 0. The summed E-state index contributed by atoms with van der Waals surface area (Å²) < 4.78 is 0. The van der Waals surface area contributed by atoms with Gasteiger partial charge in [0.25, 0.3) is 0 Å². The average Bonchev–Trinajstić information content (AvgIpc) is 2.81. The van der Waals surface area contributed by atoms with Crippen LogP contribution in [0, 0.1) is 5.41 Å². The van der Waals surface area contributed by atoms with Crippen LogP contribution in [0.2, 0.25) is 0 Å². The molecule has 0 aliphatic rings. The van der Waals surface area contributed by atoms with Crippen LogP contribution >= 0.6 is 11.3 Å². The van der Waals surface area contributed by atoms with E-state index in [0.717, 1.165) is 32.4 Å². The minimum absolute atomic E-state index is 0.249. The Kier molecular flexibility index (Phi) is 5.95. The molecule has 92 valence electrons. The second-order valence-corrected chi connectivity index (χ2v) is 5.22. The highest BCUT2D eigenvalue weighted by atomic mass is 32.1. The Balaban J connectivity index is 2.37. The van der Waals surface area contributed by atoms with E-state index in [9.17, 15) is 0 Å². The molecule has 0 radical (unpaired) electrons. The van der Waals surface area contributed by atoms with Crippen molar-refractivity contribution >= 4 is 11.3 Å². The molecule has 0 spiro atoms. The van der Waals surface area contributed by atoms with E-state index in [4.69, 9.17) is 5.11 Å². The second kappa shape index (κ2) is 6.99. The van der Waals surface area contributed by atoms with E-state index in [-0.39, 0.29) is 12.0 Å². The van der Waals surface area contributed by atoms with E-state index in [1.54, 1.807) is 11.3 Å². The predicted molar refractivity (Wildman–Crippen MR) is 68.5 cm³/mol. The van der Waals surface area contributed by atoms with Crippen molar-refractivity contribution in [1.82, 2.24) is 10.3 Å². The topological polar surface area (TPSA) is 45.1 Å². The second-order valence-electron chi connectivity index (χ2n) is 4.25. The van der Waals surface area contributed by atoms with E-state index in [2.05, 4.69) is 24.1 Å². The lowest BCUT2D eigenvalue weighted by molar-refractivity contribution is 0.163. The maximum Gasteiger partial charge on any atom is 0.0794 e. The van der Waals surface area contributed by atoms with Crippen LogP contribution in [-0.4, -0.2) is 23.2 Å². The molecule has 1 heterocycles. The zero-order valence-electron chi connectivity index (χ0n) is 10.2. The van der Waals surface area contributed by atoms with Crippen LogP contribution in [0.5, 0.6) is 0 Å². The Hall–Kier alpha value is -0.450. The van der Waals surface area contributed by atoms with Crippen molar-refractivity contribution in [3.8, 4) is 0 Å². The molecule has 0 atom stereocenters. The molecule has 0 bridgehead atoms. The highest BCUT2D eigenvalue weighted by Crippen LogP contribution is 2.29. The van der Waals surface area contributed by atoms with Crippen molar-refractivity contribution in [3.05, 3.63) is 16.6 Å². The van der Waals surface area contributed by atoms with E-state index in [1.165, 1.54) is 4.88 Å². The van der Waals surface area contributed by atoms with Gasteiger partial charge in [0.15, 0.2) is 0 Å². The number of aromatic nitrogens is 1. The van der Waals surface area contributed by atoms with Gasteiger partial charge in [-0.15, -0.1) is 11.3 Å². The normalized spacial score (nSPS) is 11.9. The van der Waals surface area contributed by atoms with Crippen molar-refractivity contribution in [2.75, 3.05) is 13.2 Å². The van der Waals surface area contributed by atoms with Crippen LogP contribution in [0.4, 0.5) is 0 Å². The zero-order valence-corrected chi connectivity index (χ0v) is 11.0. The van der Waals surface area contributed by atoms with Gasteiger partial charge < -0.3 is 10.4 Å². The lowest BCUT2D eigenvalue weighted by Crippen LogP contribution is -2.34. The first-order chi connectivity index (χ1) is 7.76. The summed E-state index contributed by atoms with van der Waals surface area (Å²) in [5.41, 5.74) is 2.11. The molecule has 2 N–H and O–H groups in total. The third kappa shape index (κ3) is 3.85. The number of rotatable bonds is 8. The maximum absolute atomic E-state index is 9.11. The van der Waals surface area contributed by atoms with Crippen LogP contribution in [-0.2, 0) is 6.54 Å². The summed E-state index contributed by atoms with van der Waals surface area (Å²) in [5, 5.41) is 12.6. The minimum atomic E-state index is 0.249. The lowest BCUT2D eigenvalue weighted by Gasteiger charge is -2.31. The molecule has 0 aromatic carbocycles. The Morgan fingerprint density at radius 1 is 1.44 bits per heavy atom. The SMILES string of the molecule is CCC(CC)(CCO)CNCc1cncs1. The number of hydrogen-bond acceptors (Lipinski definition) is 4. The smallest absolute Gasteiger partial charge is 0.0794 e.